The van der Waals surface area contributed by atoms with E-state index >= 15 is 0 Å². The summed E-state index contributed by atoms with van der Waals surface area (Å²) in [5.74, 6) is 0.393. The molecule has 25 heavy (non-hydrogen) atoms. The van der Waals surface area contributed by atoms with E-state index in [0.717, 1.165) is 54.7 Å². The van der Waals surface area contributed by atoms with Gasteiger partial charge in [0.25, 0.3) is 5.91 Å². The predicted octanol–water partition coefficient (Wildman–Crippen LogP) is 2.59. The highest BCUT2D eigenvalue weighted by atomic mass is 16.5. The Hall–Kier alpha value is -2.60. The van der Waals surface area contributed by atoms with E-state index in [0.29, 0.717) is 6.61 Å². The molecule has 0 aliphatic carbocycles. The fraction of sp³-hybridized carbons (Fsp3) is 0.368. The van der Waals surface area contributed by atoms with Crippen molar-refractivity contribution >= 4 is 16.8 Å². The summed E-state index contributed by atoms with van der Waals surface area (Å²) in [6.07, 6.45) is 3.73. The molecular formula is C19H20N4O2. The first kappa shape index (κ1) is 14.7. The monoisotopic (exact) mass is 336 g/mol. The number of H-pyrrole nitrogens is 2. The quantitative estimate of drug-likeness (QED) is 0.755. The molecule has 6 heteroatoms. The lowest BCUT2D eigenvalue weighted by Crippen LogP contribution is -2.28. The van der Waals surface area contributed by atoms with E-state index in [-0.39, 0.29) is 11.8 Å². The molecular weight excluding hydrogens is 316 g/mol. The van der Waals surface area contributed by atoms with Crippen molar-refractivity contribution in [3.05, 3.63) is 53.0 Å². The number of aromatic nitrogens is 3. The molecule has 2 aromatic heterocycles. The minimum Gasteiger partial charge on any atom is -0.376 e. The van der Waals surface area contributed by atoms with Crippen LogP contribution in [0.1, 0.15) is 39.6 Å². The number of ether oxygens (including phenoxy) is 1. The van der Waals surface area contributed by atoms with Gasteiger partial charge in [-0.2, -0.15) is 5.10 Å². The summed E-state index contributed by atoms with van der Waals surface area (Å²) in [6.45, 7) is 2.88. The van der Waals surface area contributed by atoms with Crippen molar-refractivity contribution in [2.24, 2.45) is 0 Å². The van der Waals surface area contributed by atoms with Crippen LogP contribution in [0, 0.1) is 0 Å². The van der Waals surface area contributed by atoms with Crippen LogP contribution in [0.3, 0.4) is 0 Å². The number of nitrogens with one attached hydrogen (secondary N) is 2. The van der Waals surface area contributed by atoms with Gasteiger partial charge >= 0.3 is 0 Å². The number of likely N-dealkylation sites (tertiary alicyclic amines) is 1. The Morgan fingerprint density at radius 1 is 1.32 bits per heavy atom. The fourth-order valence-electron chi connectivity index (χ4n) is 4.08. The average molecular weight is 336 g/mol. The van der Waals surface area contributed by atoms with Crippen molar-refractivity contribution in [2.75, 3.05) is 19.7 Å². The number of amides is 1. The van der Waals surface area contributed by atoms with Crippen LogP contribution in [0.4, 0.5) is 0 Å². The molecule has 1 aromatic carbocycles. The topological polar surface area (TPSA) is 74.0 Å². The molecule has 1 atom stereocenters. The van der Waals surface area contributed by atoms with Gasteiger partial charge in [-0.25, -0.2) is 0 Å². The van der Waals surface area contributed by atoms with Crippen LogP contribution in [0.2, 0.25) is 0 Å². The zero-order chi connectivity index (χ0) is 16.8. The molecule has 6 nitrogen and oxygen atoms in total. The maximum atomic E-state index is 13.0. The smallest absolute Gasteiger partial charge is 0.254 e. The van der Waals surface area contributed by atoms with Crippen molar-refractivity contribution in [3.8, 4) is 0 Å². The second-order valence-corrected chi connectivity index (χ2v) is 6.85. The highest BCUT2D eigenvalue weighted by Gasteiger charge is 2.32. The SMILES string of the molecule is O=C(c1cccc2[nH]ccc12)N1CCC(c2n[nH]c3c2COCC3)C1. The Balaban J connectivity index is 1.39. The molecule has 4 heterocycles. The first-order valence-electron chi connectivity index (χ1n) is 8.80. The summed E-state index contributed by atoms with van der Waals surface area (Å²) in [4.78, 5) is 18.1. The van der Waals surface area contributed by atoms with Gasteiger partial charge in [-0.15, -0.1) is 0 Å². The lowest BCUT2D eigenvalue weighted by atomic mass is 9.98. The molecule has 1 unspecified atom stereocenters. The Kier molecular flexibility index (Phi) is 3.38. The van der Waals surface area contributed by atoms with E-state index < -0.39 is 0 Å². The Morgan fingerprint density at radius 3 is 3.24 bits per heavy atom. The molecule has 5 rings (SSSR count). The fourth-order valence-corrected chi connectivity index (χ4v) is 4.08. The molecule has 3 aromatic rings. The Labute approximate surface area is 145 Å². The zero-order valence-electron chi connectivity index (χ0n) is 13.9. The van der Waals surface area contributed by atoms with Crippen LogP contribution in [-0.2, 0) is 17.8 Å². The minimum atomic E-state index is 0.105. The van der Waals surface area contributed by atoms with E-state index in [9.17, 15) is 4.79 Å². The number of hydrogen-bond acceptors (Lipinski definition) is 3. The Morgan fingerprint density at radius 2 is 2.28 bits per heavy atom. The first-order valence-corrected chi connectivity index (χ1v) is 8.80. The number of benzene rings is 1. The number of carbonyl (C=O) groups is 1. The van der Waals surface area contributed by atoms with Gasteiger partial charge in [0.05, 0.1) is 18.9 Å². The molecule has 1 saturated heterocycles. The maximum Gasteiger partial charge on any atom is 0.254 e. The van der Waals surface area contributed by atoms with E-state index in [1.54, 1.807) is 0 Å². The summed E-state index contributed by atoms with van der Waals surface area (Å²) >= 11 is 0. The predicted molar refractivity (Wildman–Crippen MR) is 93.5 cm³/mol. The second kappa shape index (κ2) is 5.74. The van der Waals surface area contributed by atoms with Crippen molar-refractivity contribution in [3.63, 3.8) is 0 Å². The van der Waals surface area contributed by atoms with Crippen molar-refractivity contribution in [1.29, 1.82) is 0 Å². The molecule has 1 fully saturated rings. The maximum absolute atomic E-state index is 13.0. The van der Waals surface area contributed by atoms with Crippen LogP contribution in [0.15, 0.2) is 30.5 Å². The number of hydrogen-bond donors (Lipinski definition) is 2. The average Bonchev–Trinajstić information content (AvgIpc) is 3.38. The second-order valence-electron chi connectivity index (χ2n) is 6.85. The third-order valence-electron chi connectivity index (χ3n) is 5.42. The molecule has 2 aliphatic rings. The van der Waals surface area contributed by atoms with E-state index in [1.807, 2.05) is 35.4 Å². The zero-order valence-corrected chi connectivity index (χ0v) is 13.9. The number of fused-ring (bicyclic) bond motifs is 2. The lowest BCUT2D eigenvalue weighted by Gasteiger charge is -2.18. The third kappa shape index (κ3) is 2.36. The number of aromatic amines is 2. The van der Waals surface area contributed by atoms with Gasteiger partial charge in [0.1, 0.15) is 0 Å². The van der Waals surface area contributed by atoms with Crippen LogP contribution < -0.4 is 0 Å². The highest BCUT2D eigenvalue weighted by Crippen LogP contribution is 2.32. The first-order chi connectivity index (χ1) is 12.3. The summed E-state index contributed by atoms with van der Waals surface area (Å²) in [5.41, 5.74) is 5.26. The van der Waals surface area contributed by atoms with E-state index in [4.69, 9.17) is 4.74 Å². The van der Waals surface area contributed by atoms with Gasteiger partial charge in [-0.05, 0) is 24.6 Å². The van der Waals surface area contributed by atoms with Gasteiger partial charge in [0.2, 0.25) is 0 Å². The van der Waals surface area contributed by atoms with Crippen LogP contribution in [-0.4, -0.2) is 45.7 Å². The molecule has 0 saturated carbocycles. The molecule has 0 bridgehead atoms. The Bertz CT molecular complexity index is 942. The lowest BCUT2D eigenvalue weighted by molar-refractivity contribution is 0.0792. The molecule has 0 radical (unpaired) electrons. The molecule has 2 N–H and O–H groups in total. The summed E-state index contributed by atoms with van der Waals surface area (Å²) < 4.78 is 5.59. The van der Waals surface area contributed by atoms with E-state index in [2.05, 4.69) is 15.2 Å². The van der Waals surface area contributed by atoms with Crippen molar-refractivity contribution in [1.82, 2.24) is 20.1 Å². The van der Waals surface area contributed by atoms with Gasteiger partial charge in [-0.1, -0.05) is 6.07 Å². The third-order valence-corrected chi connectivity index (χ3v) is 5.42. The summed E-state index contributed by atoms with van der Waals surface area (Å²) in [6, 6.07) is 7.81. The molecule has 1 amide bonds. The van der Waals surface area contributed by atoms with Crippen LogP contribution in [0.25, 0.3) is 10.9 Å². The van der Waals surface area contributed by atoms with Gasteiger partial charge in [-0.3, -0.25) is 9.89 Å². The van der Waals surface area contributed by atoms with Crippen LogP contribution in [0.5, 0.6) is 0 Å². The summed E-state index contributed by atoms with van der Waals surface area (Å²) in [7, 11) is 0. The number of rotatable bonds is 2. The highest BCUT2D eigenvalue weighted by molar-refractivity contribution is 6.06. The largest absolute Gasteiger partial charge is 0.376 e. The number of nitrogens with zero attached hydrogens (tertiary/aromatic N) is 2. The molecule has 0 spiro atoms. The van der Waals surface area contributed by atoms with Gasteiger partial charge in [0.15, 0.2) is 0 Å². The summed E-state index contributed by atoms with van der Waals surface area (Å²) in [5, 5.41) is 8.69. The van der Waals surface area contributed by atoms with Crippen molar-refractivity contribution < 1.29 is 9.53 Å². The standard InChI is InChI=1S/C19H20N4O2/c24-19(14-2-1-3-16-13(14)4-7-20-16)23-8-5-12(10-23)18-15-11-25-9-6-17(15)21-22-18/h1-4,7,12,20H,5-6,8-11H2,(H,21,22). The number of carbonyl (C=O) groups excluding carboxylic acids is 1. The van der Waals surface area contributed by atoms with Gasteiger partial charge in [0, 0.05) is 59.3 Å². The van der Waals surface area contributed by atoms with Crippen molar-refractivity contribution in [2.45, 2.75) is 25.4 Å². The van der Waals surface area contributed by atoms with E-state index in [1.165, 1.54) is 11.3 Å². The van der Waals surface area contributed by atoms with Gasteiger partial charge < -0.3 is 14.6 Å². The minimum absolute atomic E-state index is 0.105. The molecule has 2 aliphatic heterocycles. The van der Waals surface area contributed by atoms with Crippen LogP contribution >= 0.6 is 0 Å². The molecule has 128 valence electrons. The normalized spacial score (nSPS) is 20.2.